The first-order valence-corrected chi connectivity index (χ1v) is 10.9. The van der Waals surface area contributed by atoms with Gasteiger partial charge in [0.1, 0.15) is 28.6 Å². The quantitative estimate of drug-likeness (QED) is 0.666. The Morgan fingerprint density at radius 2 is 1.87 bits per heavy atom. The molecule has 1 saturated heterocycles. The van der Waals surface area contributed by atoms with E-state index in [0.717, 1.165) is 59.7 Å². The molecule has 2 aromatic heterocycles. The molecule has 3 heterocycles. The Hall–Kier alpha value is -2.87. The van der Waals surface area contributed by atoms with Crippen LogP contribution in [0.5, 0.6) is 11.8 Å². The summed E-state index contributed by atoms with van der Waals surface area (Å²) in [6, 6.07) is 6.45. The first-order valence-electron chi connectivity index (χ1n) is 10.9. The Bertz CT molecular complexity index is 1110. The van der Waals surface area contributed by atoms with Crippen LogP contribution in [0, 0.1) is 6.92 Å². The van der Waals surface area contributed by atoms with Crippen LogP contribution < -0.4 is 14.4 Å². The van der Waals surface area contributed by atoms with Crippen LogP contribution >= 0.6 is 0 Å². The van der Waals surface area contributed by atoms with Gasteiger partial charge in [-0.05, 0) is 58.2 Å². The molecule has 0 bridgehead atoms. The molecule has 2 unspecified atom stereocenters. The van der Waals surface area contributed by atoms with E-state index in [1.165, 1.54) is 0 Å². The lowest BCUT2D eigenvalue weighted by atomic mass is 10.1. The minimum absolute atomic E-state index is 0.0443. The van der Waals surface area contributed by atoms with Gasteiger partial charge in [-0.25, -0.2) is 0 Å². The molecule has 3 aromatic rings. The molecule has 8 heteroatoms. The second kappa shape index (κ2) is 7.37. The van der Waals surface area contributed by atoms with Crippen molar-refractivity contribution < 1.29 is 14.2 Å². The summed E-state index contributed by atoms with van der Waals surface area (Å²) in [5, 5.41) is 8.70. The summed E-state index contributed by atoms with van der Waals surface area (Å²) in [7, 11) is 1.59. The fraction of sp³-hybridized carbons (Fsp3) is 0.522. The fourth-order valence-corrected chi connectivity index (χ4v) is 4.15. The predicted octanol–water partition coefficient (Wildman–Crippen LogP) is 3.88. The Kier molecular flexibility index (Phi) is 4.77. The standard InChI is InChI=1S/C23H29N5O3/c1-13-8-17-16(9-19(13)31-23(4)6-7-23)21(27-26-17)18-10-20(25-22(24-18)29-5)28-11-14(2)30-15(3)12-28/h8-10,14-15H,6-7,11-12H2,1-5H3,(H,26,27). The van der Waals surface area contributed by atoms with Crippen molar-refractivity contribution in [3.8, 4) is 23.1 Å². The van der Waals surface area contributed by atoms with Gasteiger partial charge in [0.05, 0.1) is 24.8 Å². The van der Waals surface area contributed by atoms with Crippen molar-refractivity contribution in [3.05, 3.63) is 23.8 Å². The van der Waals surface area contributed by atoms with Gasteiger partial charge in [-0.15, -0.1) is 0 Å². The molecule has 0 radical (unpaired) electrons. The molecular weight excluding hydrogens is 394 g/mol. The Labute approximate surface area is 181 Å². The van der Waals surface area contributed by atoms with Crippen molar-refractivity contribution in [2.75, 3.05) is 25.1 Å². The van der Waals surface area contributed by atoms with E-state index in [-0.39, 0.29) is 17.8 Å². The zero-order valence-corrected chi connectivity index (χ0v) is 18.7. The van der Waals surface area contributed by atoms with E-state index >= 15 is 0 Å². The number of nitrogens with one attached hydrogen (secondary N) is 1. The van der Waals surface area contributed by atoms with Gasteiger partial charge in [0, 0.05) is 24.5 Å². The maximum atomic E-state index is 6.28. The van der Waals surface area contributed by atoms with Crippen molar-refractivity contribution in [1.29, 1.82) is 0 Å². The number of hydrogen-bond donors (Lipinski definition) is 1. The molecule has 164 valence electrons. The highest BCUT2D eigenvalue weighted by Crippen LogP contribution is 2.42. The molecule has 1 N–H and O–H groups in total. The smallest absolute Gasteiger partial charge is 0.318 e. The van der Waals surface area contributed by atoms with Gasteiger partial charge >= 0.3 is 6.01 Å². The summed E-state index contributed by atoms with van der Waals surface area (Å²) in [5.41, 5.74) is 3.48. The molecule has 1 saturated carbocycles. The number of morpholine rings is 1. The van der Waals surface area contributed by atoms with Crippen LogP contribution in [0.25, 0.3) is 22.3 Å². The van der Waals surface area contributed by atoms with E-state index in [0.29, 0.717) is 11.7 Å². The highest BCUT2D eigenvalue weighted by molar-refractivity contribution is 5.94. The molecule has 0 spiro atoms. The van der Waals surface area contributed by atoms with Crippen molar-refractivity contribution in [2.24, 2.45) is 0 Å². The fourth-order valence-electron chi connectivity index (χ4n) is 4.15. The number of hydrogen-bond acceptors (Lipinski definition) is 7. The number of rotatable bonds is 5. The third-order valence-corrected chi connectivity index (χ3v) is 6.03. The number of aryl methyl sites for hydroxylation is 1. The average molecular weight is 424 g/mol. The summed E-state index contributed by atoms with van der Waals surface area (Å²) >= 11 is 0. The Morgan fingerprint density at radius 1 is 1.13 bits per heavy atom. The van der Waals surface area contributed by atoms with E-state index in [9.17, 15) is 0 Å². The predicted molar refractivity (Wildman–Crippen MR) is 119 cm³/mol. The molecule has 8 nitrogen and oxygen atoms in total. The summed E-state index contributed by atoms with van der Waals surface area (Å²) in [4.78, 5) is 11.4. The number of benzene rings is 1. The highest BCUT2D eigenvalue weighted by Gasteiger charge is 2.40. The van der Waals surface area contributed by atoms with Gasteiger partial charge in [-0.1, -0.05) is 0 Å². The topological polar surface area (TPSA) is 85.4 Å². The van der Waals surface area contributed by atoms with E-state index in [4.69, 9.17) is 14.2 Å². The van der Waals surface area contributed by atoms with Crippen molar-refractivity contribution in [1.82, 2.24) is 20.2 Å². The molecular formula is C23H29N5O3. The molecule has 2 fully saturated rings. The van der Waals surface area contributed by atoms with E-state index < -0.39 is 0 Å². The summed E-state index contributed by atoms with van der Waals surface area (Å²) < 4.78 is 17.6. The van der Waals surface area contributed by atoms with Gasteiger partial charge in [0.25, 0.3) is 0 Å². The zero-order valence-electron chi connectivity index (χ0n) is 18.7. The first kappa shape index (κ1) is 20.1. The van der Waals surface area contributed by atoms with Gasteiger partial charge in [0.15, 0.2) is 0 Å². The number of H-pyrrole nitrogens is 1. The van der Waals surface area contributed by atoms with Crippen LogP contribution in [-0.2, 0) is 4.74 Å². The minimum Gasteiger partial charge on any atom is -0.487 e. The lowest BCUT2D eigenvalue weighted by Crippen LogP contribution is -2.45. The number of aromatic amines is 1. The highest BCUT2D eigenvalue weighted by atomic mass is 16.5. The van der Waals surface area contributed by atoms with Gasteiger partial charge in [-0.3, -0.25) is 5.10 Å². The van der Waals surface area contributed by atoms with Crippen LogP contribution in [-0.4, -0.2) is 58.2 Å². The first-order chi connectivity index (χ1) is 14.8. The third-order valence-electron chi connectivity index (χ3n) is 6.03. The number of fused-ring (bicyclic) bond motifs is 1. The molecule has 0 amide bonds. The van der Waals surface area contributed by atoms with Crippen LogP contribution in [0.1, 0.15) is 39.2 Å². The molecule has 2 aliphatic rings. The molecule has 1 aromatic carbocycles. The minimum atomic E-state index is -0.0443. The summed E-state index contributed by atoms with van der Waals surface area (Å²) in [5.74, 6) is 1.71. The van der Waals surface area contributed by atoms with Gasteiger partial charge in [-0.2, -0.15) is 15.1 Å². The van der Waals surface area contributed by atoms with Crippen LogP contribution in [0.4, 0.5) is 5.82 Å². The summed E-state index contributed by atoms with van der Waals surface area (Å²) in [6.45, 7) is 9.90. The van der Waals surface area contributed by atoms with Crippen LogP contribution in [0.2, 0.25) is 0 Å². The number of anilines is 1. The van der Waals surface area contributed by atoms with Crippen LogP contribution in [0.15, 0.2) is 18.2 Å². The summed E-state index contributed by atoms with van der Waals surface area (Å²) in [6.07, 6.45) is 2.44. The molecule has 31 heavy (non-hydrogen) atoms. The molecule has 1 aliphatic carbocycles. The van der Waals surface area contributed by atoms with Crippen LogP contribution in [0.3, 0.4) is 0 Å². The van der Waals surface area contributed by atoms with E-state index in [1.54, 1.807) is 7.11 Å². The van der Waals surface area contributed by atoms with Gasteiger partial charge in [0.2, 0.25) is 0 Å². The number of nitrogens with zero attached hydrogens (tertiary/aromatic N) is 4. The monoisotopic (exact) mass is 423 g/mol. The van der Waals surface area contributed by atoms with Gasteiger partial charge < -0.3 is 19.1 Å². The third kappa shape index (κ3) is 3.92. The van der Waals surface area contributed by atoms with Crippen molar-refractivity contribution in [3.63, 3.8) is 0 Å². The lowest BCUT2D eigenvalue weighted by molar-refractivity contribution is -0.00549. The SMILES string of the molecule is COc1nc(-c2n[nH]c3cc(C)c(OC4(C)CC4)cc23)cc(N2CC(C)OC(C)C2)n1. The number of methoxy groups -OCH3 is 1. The normalized spacial score (nSPS) is 22.5. The van der Waals surface area contributed by atoms with Crippen molar-refractivity contribution >= 4 is 16.7 Å². The second-order valence-corrected chi connectivity index (χ2v) is 9.05. The Morgan fingerprint density at radius 3 is 2.55 bits per heavy atom. The lowest BCUT2D eigenvalue weighted by Gasteiger charge is -2.36. The molecule has 2 atom stereocenters. The largest absolute Gasteiger partial charge is 0.487 e. The number of aromatic nitrogens is 4. The van der Waals surface area contributed by atoms with E-state index in [2.05, 4.69) is 64.9 Å². The molecule has 1 aliphatic heterocycles. The Balaban J connectivity index is 1.57. The average Bonchev–Trinajstić information content (AvgIpc) is 3.32. The maximum absolute atomic E-state index is 6.28. The maximum Gasteiger partial charge on any atom is 0.318 e. The zero-order chi connectivity index (χ0) is 21.8. The number of ether oxygens (including phenoxy) is 3. The van der Waals surface area contributed by atoms with E-state index in [1.807, 2.05) is 6.07 Å². The second-order valence-electron chi connectivity index (χ2n) is 9.05. The molecule has 5 rings (SSSR count). The van der Waals surface area contributed by atoms with Crippen molar-refractivity contribution in [2.45, 2.75) is 58.3 Å².